The van der Waals surface area contributed by atoms with E-state index in [1.54, 1.807) is 25.1 Å². The van der Waals surface area contributed by atoms with E-state index in [1.807, 2.05) is 0 Å². The Kier molecular flexibility index (Phi) is 4.59. The SMILES string of the molecule is COC(=O)C(C)=Cc1ccc(OC)c(O)c1OC. The predicted molar refractivity (Wildman–Crippen MR) is 66.9 cm³/mol. The summed E-state index contributed by atoms with van der Waals surface area (Å²) in [5.74, 6) is 0.0103. The fraction of sp³-hybridized carbons (Fsp3) is 0.308. The van der Waals surface area contributed by atoms with Crippen molar-refractivity contribution in [2.24, 2.45) is 0 Å². The van der Waals surface area contributed by atoms with E-state index in [9.17, 15) is 9.90 Å². The smallest absolute Gasteiger partial charge is 0.333 e. The van der Waals surface area contributed by atoms with Gasteiger partial charge in [-0.3, -0.25) is 0 Å². The van der Waals surface area contributed by atoms with Crippen molar-refractivity contribution in [2.45, 2.75) is 6.92 Å². The first-order valence-electron chi connectivity index (χ1n) is 5.25. The Morgan fingerprint density at radius 3 is 2.39 bits per heavy atom. The Labute approximate surface area is 106 Å². The molecule has 0 aliphatic heterocycles. The Balaban J connectivity index is 3.26. The van der Waals surface area contributed by atoms with Gasteiger partial charge in [0.05, 0.1) is 21.3 Å². The normalized spacial score (nSPS) is 11.0. The molecule has 1 aromatic rings. The maximum Gasteiger partial charge on any atom is 0.333 e. The maximum absolute atomic E-state index is 11.3. The lowest BCUT2D eigenvalue weighted by molar-refractivity contribution is -0.135. The van der Waals surface area contributed by atoms with Gasteiger partial charge in [0.2, 0.25) is 5.75 Å². The van der Waals surface area contributed by atoms with Gasteiger partial charge in [-0.15, -0.1) is 0 Å². The lowest BCUT2D eigenvalue weighted by atomic mass is 10.1. The summed E-state index contributed by atoms with van der Waals surface area (Å²) < 4.78 is 14.7. The second-order valence-electron chi connectivity index (χ2n) is 3.56. The minimum atomic E-state index is -0.438. The van der Waals surface area contributed by atoms with Crippen LogP contribution in [0.15, 0.2) is 17.7 Å². The highest BCUT2D eigenvalue weighted by atomic mass is 16.5. The quantitative estimate of drug-likeness (QED) is 0.655. The van der Waals surface area contributed by atoms with Crippen LogP contribution in [-0.2, 0) is 9.53 Å². The highest BCUT2D eigenvalue weighted by molar-refractivity contribution is 5.93. The molecule has 0 unspecified atom stereocenters. The van der Waals surface area contributed by atoms with Crippen LogP contribution in [0.2, 0.25) is 0 Å². The average molecular weight is 252 g/mol. The highest BCUT2D eigenvalue weighted by Crippen LogP contribution is 2.39. The molecule has 0 saturated carbocycles. The first kappa shape index (κ1) is 13.9. The summed E-state index contributed by atoms with van der Waals surface area (Å²) in [7, 11) is 4.19. The topological polar surface area (TPSA) is 65.0 Å². The van der Waals surface area contributed by atoms with Gasteiger partial charge in [0.15, 0.2) is 11.5 Å². The first-order valence-corrected chi connectivity index (χ1v) is 5.25. The molecular weight excluding hydrogens is 236 g/mol. The van der Waals surface area contributed by atoms with Crippen LogP contribution in [0.4, 0.5) is 0 Å². The van der Waals surface area contributed by atoms with E-state index in [4.69, 9.17) is 9.47 Å². The van der Waals surface area contributed by atoms with Crippen LogP contribution in [0.5, 0.6) is 17.2 Å². The van der Waals surface area contributed by atoms with E-state index in [0.29, 0.717) is 16.9 Å². The number of aromatic hydroxyl groups is 1. The minimum Gasteiger partial charge on any atom is -0.502 e. The van der Waals surface area contributed by atoms with Crippen molar-refractivity contribution in [2.75, 3.05) is 21.3 Å². The number of ether oxygens (including phenoxy) is 3. The van der Waals surface area contributed by atoms with Crippen LogP contribution >= 0.6 is 0 Å². The number of carbonyl (C=O) groups excluding carboxylic acids is 1. The third kappa shape index (κ3) is 2.74. The number of phenolic OH excluding ortho intramolecular Hbond substituents is 1. The zero-order valence-corrected chi connectivity index (χ0v) is 10.8. The largest absolute Gasteiger partial charge is 0.502 e. The van der Waals surface area contributed by atoms with Gasteiger partial charge in [0.1, 0.15) is 0 Å². The van der Waals surface area contributed by atoms with Crippen LogP contribution in [0, 0.1) is 0 Å². The van der Waals surface area contributed by atoms with Crippen molar-refractivity contribution >= 4 is 12.0 Å². The molecule has 1 N–H and O–H groups in total. The molecular formula is C13H16O5. The van der Waals surface area contributed by atoms with Gasteiger partial charge in [-0.05, 0) is 25.1 Å². The summed E-state index contributed by atoms with van der Waals surface area (Å²) in [5.41, 5.74) is 0.971. The van der Waals surface area contributed by atoms with Crippen LogP contribution in [0.25, 0.3) is 6.08 Å². The standard InChI is InChI=1S/C13H16O5/c1-8(13(15)18-4)7-9-5-6-10(16-2)11(14)12(9)17-3/h5-7,14H,1-4H3. The summed E-state index contributed by atoms with van der Waals surface area (Å²) in [4.78, 5) is 11.3. The maximum atomic E-state index is 11.3. The van der Waals surface area contributed by atoms with Gasteiger partial charge in [-0.2, -0.15) is 0 Å². The second-order valence-corrected chi connectivity index (χ2v) is 3.56. The molecule has 0 bridgehead atoms. The van der Waals surface area contributed by atoms with Gasteiger partial charge < -0.3 is 19.3 Å². The number of benzene rings is 1. The van der Waals surface area contributed by atoms with Crippen LogP contribution in [0.1, 0.15) is 12.5 Å². The third-order valence-corrected chi connectivity index (χ3v) is 2.43. The molecule has 5 nitrogen and oxygen atoms in total. The van der Waals surface area contributed by atoms with Crippen LogP contribution < -0.4 is 9.47 Å². The molecule has 0 radical (unpaired) electrons. The first-order chi connectivity index (χ1) is 8.54. The molecule has 0 aliphatic carbocycles. The van der Waals surface area contributed by atoms with E-state index in [1.165, 1.54) is 21.3 Å². The number of rotatable bonds is 4. The molecule has 0 atom stereocenters. The van der Waals surface area contributed by atoms with Gasteiger partial charge in [-0.1, -0.05) is 0 Å². The molecule has 0 heterocycles. The predicted octanol–water partition coefficient (Wildman–Crippen LogP) is 1.99. The Morgan fingerprint density at radius 2 is 1.89 bits per heavy atom. The summed E-state index contributed by atoms with van der Waals surface area (Å²) in [6, 6.07) is 3.28. The van der Waals surface area contributed by atoms with E-state index < -0.39 is 5.97 Å². The summed E-state index contributed by atoms with van der Waals surface area (Å²) in [6.45, 7) is 1.62. The molecule has 0 spiro atoms. The van der Waals surface area contributed by atoms with Crippen molar-refractivity contribution < 1.29 is 24.1 Å². The van der Waals surface area contributed by atoms with Gasteiger partial charge in [0, 0.05) is 11.1 Å². The molecule has 0 saturated heterocycles. The van der Waals surface area contributed by atoms with Gasteiger partial charge >= 0.3 is 5.97 Å². The summed E-state index contributed by atoms with van der Waals surface area (Å²) >= 11 is 0. The lowest BCUT2D eigenvalue weighted by Crippen LogP contribution is -2.01. The molecule has 0 amide bonds. The van der Waals surface area contributed by atoms with E-state index in [-0.39, 0.29) is 11.5 Å². The second kappa shape index (κ2) is 5.95. The van der Waals surface area contributed by atoms with Gasteiger partial charge in [0.25, 0.3) is 0 Å². The fourth-order valence-corrected chi connectivity index (χ4v) is 1.51. The molecule has 0 aliphatic rings. The average Bonchev–Trinajstić information content (AvgIpc) is 2.38. The molecule has 1 aromatic carbocycles. The fourth-order valence-electron chi connectivity index (χ4n) is 1.51. The van der Waals surface area contributed by atoms with Crippen molar-refractivity contribution in [3.8, 4) is 17.2 Å². The van der Waals surface area contributed by atoms with Crippen molar-refractivity contribution in [3.05, 3.63) is 23.3 Å². The molecule has 1 rings (SSSR count). The van der Waals surface area contributed by atoms with E-state index in [2.05, 4.69) is 4.74 Å². The number of esters is 1. The Hall–Kier alpha value is -2.17. The van der Waals surface area contributed by atoms with Crippen molar-refractivity contribution in [3.63, 3.8) is 0 Å². The summed E-state index contributed by atoms with van der Waals surface area (Å²) in [6.07, 6.45) is 1.57. The minimum absolute atomic E-state index is 0.105. The number of hydrogen-bond acceptors (Lipinski definition) is 5. The highest BCUT2D eigenvalue weighted by Gasteiger charge is 2.14. The van der Waals surface area contributed by atoms with Crippen LogP contribution in [-0.4, -0.2) is 32.4 Å². The van der Waals surface area contributed by atoms with Gasteiger partial charge in [-0.25, -0.2) is 4.79 Å². The Bertz CT molecular complexity index is 477. The van der Waals surface area contributed by atoms with E-state index in [0.717, 1.165) is 0 Å². The zero-order valence-electron chi connectivity index (χ0n) is 10.8. The molecule has 0 aromatic heterocycles. The molecule has 0 fully saturated rings. The van der Waals surface area contributed by atoms with Crippen molar-refractivity contribution in [1.29, 1.82) is 0 Å². The van der Waals surface area contributed by atoms with Crippen molar-refractivity contribution in [1.82, 2.24) is 0 Å². The number of methoxy groups -OCH3 is 3. The number of hydrogen-bond donors (Lipinski definition) is 1. The molecule has 18 heavy (non-hydrogen) atoms. The molecule has 5 heteroatoms. The monoisotopic (exact) mass is 252 g/mol. The Morgan fingerprint density at radius 1 is 1.22 bits per heavy atom. The lowest BCUT2D eigenvalue weighted by Gasteiger charge is -2.11. The number of carbonyl (C=O) groups is 1. The van der Waals surface area contributed by atoms with Crippen LogP contribution in [0.3, 0.4) is 0 Å². The zero-order chi connectivity index (χ0) is 13.7. The molecule has 98 valence electrons. The number of phenols is 1. The summed E-state index contributed by atoms with van der Waals surface area (Å²) in [5, 5.41) is 9.88. The van der Waals surface area contributed by atoms with E-state index >= 15 is 0 Å². The third-order valence-electron chi connectivity index (χ3n) is 2.43.